The summed E-state index contributed by atoms with van der Waals surface area (Å²) in [6.45, 7) is 7.15. The minimum Gasteiger partial charge on any atom is -0.0651 e. The smallest absolute Gasteiger partial charge is 0.0352 e. The summed E-state index contributed by atoms with van der Waals surface area (Å²) < 4.78 is 0. The summed E-state index contributed by atoms with van der Waals surface area (Å²) >= 11 is 0. The molecule has 0 aromatic carbocycles. The molecule has 0 heterocycles. The Morgan fingerprint density at radius 3 is 2.42 bits per heavy atom. The molecule has 0 spiro atoms. The van der Waals surface area contributed by atoms with Crippen LogP contribution in [0.4, 0.5) is 0 Å². The molecule has 0 N–H and O–H groups in total. The third-order valence-corrected chi connectivity index (χ3v) is 4.10. The first-order valence-electron chi connectivity index (χ1n) is 5.72. The Labute approximate surface area is 76.7 Å². The van der Waals surface area contributed by atoms with Crippen molar-refractivity contribution in [1.29, 1.82) is 0 Å². The summed E-state index contributed by atoms with van der Waals surface area (Å²) in [5.74, 6) is 5.51. The molecular formula is C12H22. The molecule has 2 aliphatic carbocycles. The Morgan fingerprint density at radius 1 is 1.25 bits per heavy atom. The van der Waals surface area contributed by atoms with Crippen molar-refractivity contribution in [3.05, 3.63) is 0 Å². The van der Waals surface area contributed by atoms with Gasteiger partial charge in [-0.15, -0.1) is 0 Å². The Morgan fingerprint density at radius 2 is 1.92 bits per heavy atom. The van der Waals surface area contributed by atoms with Crippen LogP contribution in [0.15, 0.2) is 0 Å². The molecule has 0 saturated heterocycles. The summed E-state index contributed by atoms with van der Waals surface area (Å²) in [5.41, 5.74) is 0. The van der Waals surface area contributed by atoms with E-state index in [2.05, 4.69) is 20.8 Å². The van der Waals surface area contributed by atoms with Gasteiger partial charge in [-0.3, -0.25) is 0 Å². The van der Waals surface area contributed by atoms with Crippen molar-refractivity contribution >= 4 is 0 Å². The molecule has 2 fully saturated rings. The quantitative estimate of drug-likeness (QED) is 0.597. The fraction of sp³-hybridized carbons (Fsp3) is 1.00. The molecule has 0 radical (unpaired) electrons. The highest BCUT2D eigenvalue weighted by Crippen LogP contribution is 2.59. The van der Waals surface area contributed by atoms with Gasteiger partial charge in [-0.2, -0.15) is 0 Å². The lowest BCUT2D eigenvalue weighted by atomic mass is 10.00. The van der Waals surface area contributed by atoms with Gasteiger partial charge in [0.2, 0.25) is 0 Å². The maximum atomic E-state index is 2.42. The molecule has 0 aromatic heterocycles. The Kier molecular flexibility index (Phi) is 2.18. The van der Waals surface area contributed by atoms with E-state index in [0.717, 1.165) is 29.6 Å². The summed E-state index contributed by atoms with van der Waals surface area (Å²) in [5, 5.41) is 0. The molecule has 0 nitrogen and oxygen atoms in total. The van der Waals surface area contributed by atoms with Crippen molar-refractivity contribution in [2.75, 3.05) is 0 Å². The standard InChI is InChI=1S/C12H22/c1-4-8(2)5-10-7-12(10)11-6-9(11)3/h8-12H,4-7H2,1-3H3. The van der Waals surface area contributed by atoms with Crippen LogP contribution < -0.4 is 0 Å². The van der Waals surface area contributed by atoms with Crippen LogP contribution in [-0.2, 0) is 0 Å². The van der Waals surface area contributed by atoms with Gasteiger partial charge in [0.15, 0.2) is 0 Å². The van der Waals surface area contributed by atoms with Crippen molar-refractivity contribution in [3.63, 3.8) is 0 Å². The summed E-state index contributed by atoms with van der Waals surface area (Å²) in [6.07, 6.45) is 6.01. The van der Waals surface area contributed by atoms with Crippen molar-refractivity contribution < 1.29 is 0 Å². The van der Waals surface area contributed by atoms with Crippen molar-refractivity contribution in [3.8, 4) is 0 Å². The van der Waals surface area contributed by atoms with Crippen LogP contribution in [0.2, 0.25) is 0 Å². The summed E-state index contributed by atoms with van der Waals surface area (Å²) in [6, 6.07) is 0. The van der Waals surface area contributed by atoms with Gasteiger partial charge in [0, 0.05) is 0 Å². The van der Waals surface area contributed by atoms with Crippen LogP contribution >= 0.6 is 0 Å². The highest BCUT2D eigenvalue weighted by molar-refractivity contribution is 5.00. The van der Waals surface area contributed by atoms with Crippen LogP contribution in [-0.4, -0.2) is 0 Å². The van der Waals surface area contributed by atoms with E-state index in [9.17, 15) is 0 Å². The zero-order valence-electron chi connectivity index (χ0n) is 8.72. The fourth-order valence-electron chi connectivity index (χ4n) is 2.70. The molecule has 2 aliphatic rings. The van der Waals surface area contributed by atoms with Gasteiger partial charge < -0.3 is 0 Å². The molecule has 0 aliphatic heterocycles. The monoisotopic (exact) mass is 166 g/mol. The van der Waals surface area contributed by atoms with Crippen molar-refractivity contribution in [2.24, 2.45) is 29.6 Å². The largest absolute Gasteiger partial charge is 0.0651 e. The molecule has 0 amide bonds. The van der Waals surface area contributed by atoms with E-state index in [1.54, 1.807) is 12.8 Å². The number of hydrogen-bond acceptors (Lipinski definition) is 0. The van der Waals surface area contributed by atoms with E-state index in [1.807, 2.05) is 0 Å². The second kappa shape index (κ2) is 3.05. The summed E-state index contributed by atoms with van der Waals surface area (Å²) in [4.78, 5) is 0. The van der Waals surface area contributed by atoms with E-state index < -0.39 is 0 Å². The average molecular weight is 166 g/mol. The molecule has 70 valence electrons. The molecule has 2 saturated carbocycles. The first-order chi connectivity index (χ1) is 5.72. The highest BCUT2D eigenvalue weighted by Gasteiger charge is 2.51. The Balaban J connectivity index is 1.67. The Hall–Kier alpha value is 0. The third-order valence-electron chi connectivity index (χ3n) is 4.10. The van der Waals surface area contributed by atoms with Crippen LogP contribution in [0.1, 0.15) is 46.5 Å². The minimum absolute atomic E-state index is 0.981. The molecule has 0 aromatic rings. The van der Waals surface area contributed by atoms with Gasteiger partial charge in [-0.05, 0) is 48.9 Å². The maximum Gasteiger partial charge on any atom is -0.0352 e. The predicted molar refractivity (Wildman–Crippen MR) is 52.9 cm³/mol. The van der Waals surface area contributed by atoms with Gasteiger partial charge in [-0.25, -0.2) is 0 Å². The maximum absolute atomic E-state index is 2.42. The highest BCUT2D eigenvalue weighted by atomic mass is 14.6. The molecule has 2 rings (SSSR count). The second-order valence-corrected chi connectivity index (χ2v) is 5.29. The average Bonchev–Trinajstić information content (AvgIpc) is 2.88. The van der Waals surface area contributed by atoms with Crippen LogP contribution in [0.5, 0.6) is 0 Å². The lowest BCUT2D eigenvalue weighted by Crippen LogP contribution is -1.96. The van der Waals surface area contributed by atoms with E-state index in [1.165, 1.54) is 12.8 Å². The lowest BCUT2D eigenvalue weighted by molar-refractivity contribution is 0.449. The van der Waals surface area contributed by atoms with Crippen LogP contribution in [0, 0.1) is 29.6 Å². The number of hydrogen-bond donors (Lipinski definition) is 0. The molecule has 5 atom stereocenters. The van der Waals surface area contributed by atoms with E-state index in [-0.39, 0.29) is 0 Å². The van der Waals surface area contributed by atoms with Crippen LogP contribution in [0.3, 0.4) is 0 Å². The Bertz CT molecular complexity index is 161. The van der Waals surface area contributed by atoms with E-state index >= 15 is 0 Å². The second-order valence-electron chi connectivity index (χ2n) is 5.29. The van der Waals surface area contributed by atoms with Gasteiger partial charge in [-0.1, -0.05) is 27.2 Å². The van der Waals surface area contributed by atoms with E-state index in [4.69, 9.17) is 0 Å². The van der Waals surface area contributed by atoms with Gasteiger partial charge >= 0.3 is 0 Å². The van der Waals surface area contributed by atoms with Gasteiger partial charge in [0.1, 0.15) is 0 Å². The van der Waals surface area contributed by atoms with Crippen LogP contribution in [0.25, 0.3) is 0 Å². The normalized spacial score (nSPS) is 47.2. The van der Waals surface area contributed by atoms with Gasteiger partial charge in [0.25, 0.3) is 0 Å². The molecule has 0 bridgehead atoms. The number of rotatable bonds is 4. The summed E-state index contributed by atoms with van der Waals surface area (Å²) in [7, 11) is 0. The molecular weight excluding hydrogens is 144 g/mol. The zero-order valence-corrected chi connectivity index (χ0v) is 8.72. The first kappa shape index (κ1) is 8.59. The molecule has 0 heteroatoms. The lowest BCUT2D eigenvalue weighted by Gasteiger charge is -2.06. The predicted octanol–water partition coefficient (Wildman–Crippen LogP) is 3.71. The fourth-order valence-corrected chi connectivity index (χ4v) is 2.70. The SMILES string of the molecule is CCC(C)CC1CC1C1CC1C. The van der Waals surface area contributed by atoms with Crippen molar-refractivity contribution in [1.82, 2.24) is 0 Å². The topological polar surface area (TPSA) is 0 Å². The third kappa shape index (κ3) is 1.67. The first-order valence-corrected chi connectivity index (χ1v) is 5.72. The van der Waals surface area contributed by atoms with E-state index in [0.29, 0.717) is 0 Å². The van der Waals surface area contributed by atoms with Gasteiger partial charge in [0.05, 0.1) is 0 Å². The minimum atomic E-state index is 0.981. The zero-order chi connectivity index (χ0) is 8.72. The molecule has 12 heavy (non-hydrogen) atoms. The molecule has 5 unspecified atom stereocenters. The van der Waals surface area contributed by atoms with Crippen molar-refractivity contribution in [2.45, 2.75) is 46.5 Å².